The highest BCUT2D eigenvalue weighted by molar-refractivity contribution is 5.94. The Morgan fingerprint density at radius 3 is 3.04 bits per heavy atom. The van der Waals surface area contributed by atoms with Crippen molar-refractivity contribution in [2.45, 2.75) is 18.6 Å². The lowest BCUT2D eigenvalue weighted by Crippen LogP contribution is -2.32. The van der Waals surface area contributed by atoms with Crippen LogP contribution in [0.4, 0.5) is 0 Å². The first-order chi connectivity index (χ1) is 12.2. The van der Waals surface area contributed by atoms with Crippen LogP contribution in [0.15, 0.2) is 55.1 Å². The Balaban J connectivity index is 1.67. The minimum atomic E-state index is -0.530. The average molecular weight is 337 g/mol. The molecule has 0 unspecified atom stereocenters. The molecule has 2 atom stereocenters. The average Bonchev–Trinajstić information content (AvgIpc) is 3.26. The first-order valence-electron chi connectivity index (χ1n) is 8.20. The van der Waals surface area contributed by atoms with Crippen LogP contribution in [0.1, 0.15) is 28.4 Å². The zero-order chi connectivity index (χ0) is 17.4. The third kappa shape index (κ3) is 2.85. The Labute approximate surface area is 145 Å². The lowest BCUT2D eigenvalue weighted by Gasteiger charge is -2.25. The van der Waals surface area contributed by atoms with E-state index in [1.54, 1.807) is 36.8 Å². The number of benzene rings is 1. The molecule has 0 saturated carbocycles. The number of amides is 1. The number of likely N-dealkylation sites (tertiary alicyclic amines) is 1. The second-order valence-corrected chi connectivity index (χ2v) is 6.28. The van der Waals surface area contributed by atoms with E-state index < -0.39 is 6.10 Å². The van der Waals surface area contributed by atoms with Crippen molar-refractivity contribution in [2.75, 3.05) is 13.7 Å². The van der Waals surface area contributed by atoms with Gasteiger partial charge in [0.1, 0.15) is 5.75 Å². The largest absolute Gasteiger partial charge is 0.497 e. The number of hydrogen-bond acceptors (Lipinski definition) is 4. The van der Waals surface area contributed by atoms with Crippen LogP contribution in [-0.4, -0.2) is 45.1 Å². The van der Waals surface area contributed by atoms with Gasteiger partial charge in [-0.25, -0.2) is 4.98 Å². The maximum atomic E-state index is 13.0. The highest BCUT2D eigenvalue weighted by Gasteiger charge is 2.36. The lowest BCUT2D eigenvalue weighted by molar-refractivity contribution is 0.0715. The zero-order valence-corrected chi connectivity index (χ0v) is 13.9. The van der Waals surface area contributed by atoms with Gasteiger partial charge in [-0.3, -0.25) is 4.79 Å². The summed E-state index contributed by atoms with van der Waals surface area (Å²) in [6.45, 7) is 0.322. The highest BCUT2D eigenvalue weighted by atomic mass is 16.5. The van der Waals surface area contributed by atoms with E-state index in [1.807, 2.05) is 34.7 Å². The summed E-state index contributed by atoms with van der Waals surface area (Å²) >= 11 is 0. The fourth-order valence-corrected chi connectivity index (χ4v) is 3.42. The Kier molecular flexibility index (Phi) is 3.89. The molecule has 0 aliphatic carbocycles. The van der Waals surface area contributed by atoms with Crippen LogP contribution in [0.3, 0.4) is 0 Å². The molecule has 3 heterocycles. The Bertz CT molecular complexity index is 921. The number of aliphatic hydroxyl groups excluding tert-OH is 1. The summed E-state index contributed by atoms with van der Waals surface area (Å²) in [6.07, 6.45) is 5.18. The van der Waals surface area contributed by atoms with E-state index in [-0.39, 0.29) is 11.9 Å². The summed E-state index contributed by atoms with van der Waals surface area (Å²) in [5.74, 6) is 0.645. The van der Waals surface area contributed by atoms with Gasteiger partial charge in [0.05, 0.1) is 42.9 Å². The molecule has 1 aliphatic heterocycles. The topological polar surface area (TPSA) is 67.1 Å². The van der Waals surface area contributed by atoms with Gasteiger partial charge >= 0.3 is 0 Å². The summed E-state index contributed by atoms with van der Waals surface area (Å²) in [5, 5.41) is 10.2. The number of methoxy groups -OCH3 is 1. The van der Waals surface area contributed by atoms with Crippen LogP contribution in [-0.2, 0) is 0 Å². The molecule has 1 aromatic carbocycles. The normalized spacial score (nSPS) is 20.2. The SMILES string of the molecule is COc1cccc([C@@H]2C[C@H](O)CN2C(=O)c2ccc3cncn3c2)c1. The summed E-state index contributed by atoms with van der Waals surface area (Å²) in [7, 11) is 1.62. The molecule has 0 radical (unpaired) electrons. The molecule has 2 aromatic heterocycles. The van der Waals surface area contributed by atoms with Crippen molar-refractivity contribution in [1.29, 1.82) is 0 Å². The van der Waals surface area contributed by atoms with E-state index in [9.17, 15) is 9.90 Å². The molecular weight excluding hydrogens is 318 g/mol. The fraction of sp³-hybridized carbons (Fsp3) is 0.263. The van der Waals surface area contributed by atoms with E-state index in [0.717, 1.165) is 16.8 Å². The number of pyridine rings is 1. The maximum Gasteiger partial charge on any atom is 0.255 e. The number of β-amino-alcohol motifs (C(OH)–C–C–N with tert-alkyl or cyclic N) is 1. The molecule has 1 saturated heterocycles. The van der Waals surface area contributed by atoms with Crippen LogP contribution in [0, 0.1) is 0 Å². The smallest absolute Gasteiger partial charge is 0.255 e. The third-order valence-electron chi connectivity index (χ3n) is 4.67. The number of rotatable bonds is 3. The standard InChI is InChI=1S/C19H19N3O3/c1-25-17-4-2-3-13(7-17)18-8-16(23)11-22(18)19(24)14-5-6-15-9-20-12-21(15)10-14/h2-7,9-10,12,16,18,23H,8,11H2,1H3/t16-,18-/m0/s1. The molecule has 25 heavy (non-hydrogen) atoms. The summed E-state index contributed by atoms with van der Waals surface area (Å²) < 4.78 is 7.10. The molecule has 4 rings (SSSR count). The van der Waals surface area contributed by atoms with Crippen LogP contribution >= 0.6 is 0 Å². The van der Waals surface area contributed by atoms with E-state index in [0.29, 0.717) is 18.5 Å². The Morgan fingerprint density at radius 2 is 2.20 bits per heavy atom. The number of fused-ring (bicyclic) bond motifs is 1. The quantitative estimate of drug-likeness (QED) is 0.796. The van der Waals surface area contributed by atoms with Crippen molar-refractivity contribution >= 4 is 11.4 Å². The predicted molar refractivity (Wildman–Crippen MR) is 92.6 cm³/mol. The number of carbonyl (C=O) groups is 1. The number of carbonyl (C=O) groups excluding carboxylic acids is 1. The van der Waals surface area contributed by atoms with Crippen molar-refractivity contribution in [3.8, 4) is 5.75 Å². The molecule has 3 aromatic rings. The Hall–Kier alpha value is -2.86. The van der Waals surface area contributed by atoms with Crippen LogP contribution in [0.5, 0.6) is 5.75 Å². The van der Waals surface area contributed by atoms with Crippen LogP contribution < -0.4 is 4.74 Å². The van der Waals surface area contributed by atoms with Crippen molar-refractivity contribution in [3.63, 3.8) is 0 Å². The van der Waals surface area contributed by atoms with Gasteiger partial charge in [0.15, 0.2) is 0 Å². The number of hydrogen-bond donors (Lipinski definition) is 1. The second kappa shape index (κ2) is 6.22. The zero-order valence-electron chi connectivity index (χ0n) is 13.9. The molecule has 1 aliphatic rings. The van der Waals surface area contributed by atoms with Gasteiger partial charge in [-0.1, -0.05) is 12.1 Å². The molecule has 128 valence electrons. The molecule has 1 fully saturated rings. The minimum Gasteiger partial charge on any atom is -0.497 e. The van der Waals surface area contributed by atoms with E-state index in [2.05, 4.69) is 4.98 Å². The molecule has 0 spiro atoms. The van der Waals surface area contributed by atoms with Gasteiger partial charge in [0.2, 0.25) is 0 Å². The molecule has 1 amide bonds. The van der Waals surface area contributed by atoms with Gasteiger partial charge in [0.25, 0.3) is 5.91 Å². The van der Waals surface area contributed by atoms with Crippen molar-refractivity contribution in [3.05, 3.63) is 66.2 Å². The number of ether oxygens (including phenoxy) is 1. The van der Waals surface area contributed by atoms with Gasteiger partial charge in [-0.15, -0.1) is 0 Å². The molecular formula is C19H19N3O3. The van der Waals surface area contributed by atoms with Crippen molar-refractivity contribution in [1.82, 2.24) is 14.3 Å². The third-order valence-corrected chi connectivity index (χ3v) is 4.67. The summed E-state index contributed by atoms with van der Waals surface area (Å²) in [5.41, 5.74) is 2.47. The molecule has 6 nitrogen and oxygen atoms in total. The highest BCUT2D eigenvalue weighted by Crippen LogP contribution is 2.34. The fourth-order valence-electron chi connectivity index (χ4n) is 3.42. The predicted octanol–water partition coefficient (Wildman–Crippen LogP) is 2.29. The lowest BCUT2D eigenvalue weighted by atomic mass is 10.0. The van der Waals surface area contributed by atoms with E-state index in [1.165, 1.54) is 0 Å². The molecule has 6 heteroatoms. The number of nitrogens with zero attached hydrogens (tertiary/aromatic N) is 3. The monoisotopic (exact) mass is 337 g/mol. The Morgan fingerprint density at radius 1 is 1.32 bits per heavy atom. The van der Waals surface area contributed by atoms with Gasteiger partial charge in [-0.05, 0) is 36.2 Å². The van der Waals surface area contributed by atoms with Crippen LogP contribution in [0.2, 0.25) is 0 Å². The van der Waals surface area contributed by atoms with Gasteiger partial charge in [0, 0.05) is 12.7 Å². The minimum absolute atomic E-state index is 0.0973. The second-order valence-electron chi connectivity index (χ2n) is 6.28. The van der Waals surface area contributed by atoms with E-state index >= 15 is 0 Å². The van der Waals surface area contributed by atoms with Gasteiger partial charge in [-0.2, -0.15) is 0 Å². The molecule has 1 N–H and O–H groups in total. The first kappa shape index (κ1) is 15.7. The summed E-state index contributed by atoms with van der Waals surface area (Å²) in [6, 6.07) is 11.1. The van der Waals surface area contributed by atoms with Crippen molar-refractivity contribution < 1.29 is 14.6 Å². The first-order valence-corrected chi connectivity index (χ1v) is 8.20. The van der Waals surface area contributed by atoms with Crippen LogP contribution in [0.25, 0.3) is 5.52 Å². The molecule has 0 bridgehead atoms. The maximum absolute atomic E-state index is 13.0. The number of imidazole rings is 1. The van der Waals surface area contributed by atoms with E-state index in [4.69, 9.17) is 4.74 Å². The van der Waals surface area contributed by atoms with Crippen molar-refractivity contribution in [2.24, 2.45) is 0 Å². The summed E-state index contributed by atoms with van der Waals surface area (Å²) in [4.78, 5) is 18.9. The number of aromatic nitrogens is 2. The number of aliphatic hydroxyl groups is 1. The van der Waals surface area contributed by atoms with Gasteiger partial charge < -0.3 is 19.1 Å².